The Bertz CT molecular complexity index is 1110. The van der Waals surface area contributed by atoms with Crippen LogP contribution in [-0.2, 0) is 18.9 Å². The number of hydrogen-bond donors (Lipinski definition) is 0. The van der Waals surface area contributed by atoms with Crippen LogP contribution in [0.2, 0.25) is 0 Å². The Kier molecular flexibility index (Phi) is 5.00. The minimum Gasteiger partial charge on any atom is -0.478 e. The Morgan fingerprint density at radius 1 is 1.14 bits per heavy atom. The third-order valence-electron chi connectivity index (χ3n) is 5.48. The van der Waals surface area contributed by atoms with Gasteiger partial charge in [0.25, 0.3) is 5.91 Å². The van der Waals surface area contributed by atoms with Crippen molar-refractivity contribution in [1.82, 2.24) is 19.0 Å². The molecule has 3 aromatic rings. The van der Waals surface area contributed by atoms with Gasteiger partial charge in [0.15, 0.2) is 12.4 Å². The van der Waals surface area contributed by atoms with E-state index in [9.17, 15) is 9.59 Å². The zero-order valence-corrected chi connectivity index (χ0v) is 17.0. The molecular formula is C21H25N5O3. The molecule has 1 amide bonds. The number of carbonyl (C=O) groups excluding carboxylic acids is 1. The molecule has 8 nitrogen and oxygen atoms in total. The molecule has 1 aliphatic heterocycles. The van der Waals surface area contributed by atoms with Gasteiger partial charge in [0.1, 0.15) is 0 Å². The molecule has 1 aliphatic rings. The molecule has 0 N–H and O–H groups in total. The molecule has 3 heterocycles. The van der Waals surface area contributed by atoms with Gasteiger partial charge in [0.05, 0.1) is 11.0 Å². The monoisotopic (exact) mass is 395 g/mol. The highest BCUT2D eigenvalue weighted by molar-refractivity contribution is 5.79. The van der Waals surface area contributed by atoms with E-state index in [0.29, 0.717) is 26.2 Å². The first kappa shape index (κ1) is 19.0. The van der Waals surface area contributed by atoms with E-state index >= 15 is 0 Å². The Morgan fingerprint density at radius 2 is 1.86 bits per heavy atom. The van der Waals surface area contributed by atoms with Crippen LogP contribution in [0.4, 0.5) is 5.95 Å². The lowest BCUT2D eigenvalue weighted by Crippen LogP contribution is -2.50. The summed E-state index contributed by atoms with van der Waals surface area (Å²) >= 11 is 0. The molecule has 0 spiro atoms. The fraction of sp³-hybridized carbons (Fsp3) is 0.381. The first-order chi connectivity index (χ1) is 13.9. The number of benzene rings is 1. The van der Waals surface area contributed by atoms with Gasteiger partial charge in [0, 0.05) is 58.2 Å². The number of imidazole rings is 1. The van der Waals surface area contributed by atoms with Gasteiger partial charge in [-0.2, -0.15) is 0 Å². The molecule has 8 heteroatoms. The van der Waals surface area contributed by atoms with E-state index in [1.165, 1.54) is 6.07 Å². The number of rotatable bonds is 4. The van der Waals surface area contributed by atoms with Crippen molar-refractivity contribution < 1.29 is 9.53 Å². The first-order valence-electron chi connectivity index (χ1n) is 9.68. The number of carbonyl (C=O) groups is 1. The predicted octanol–water partition coefficient (Wildman–Crippen LogP) is 1.31. The van der Waals surface area contributed by atoms with Gasteiger partial charge in [-0.15, -0.1) is 0 Å². The van der Waals surface area contributed by atoms with Gasteiger partial charge in [-0.25, -0.2) is 4.98 Å². The lowest BCUT2D eigenvalue weighted by Gasteiger charge is -2.35. The van der Waals surface area contributed by atoms with Gasteiger partial charge in [-0.3, -0.25) is 9.59 Å². The molecule has 0 saturated carbocycles. The third kappa shape index (κ3) is 3.70. The fourth-order valence-corrected chi connectivity index (χ4v) is 3.61. The number of fused-ring (bicyclic) bond motifs is 1. The number of amides is 1. The van der Waals surface area contributed by atoms with Gasteiger partial charge in [-0.1, -0.05) is 12.1 Å². The number of aromatic nitrogens is 3. The standard InChI is InChI=1S/C21H25N5O3/c1-15-12-18(27)19(13-23(15)2)29-14-20(28)25-8-10-26(11-9-25)21-22-16-6-4-5-7-17(16)24(21)3/h4-7,12-13H,8-11,14H2,1-3H3. The Balaban J connectivity index is 1.37. The summed E-state index contributed by atoms with van der Waals surface area (Å²) in [6.07, 6.45) is 1.62. The molecule has 29 heavy (non-hydrogen) atoms. The van der Waals surface area contributed by atoms with Crippen molar-refractivity contribution in [2.24, 2.45) is 14.1 Å². The van der Waals surface area contributed by atoms with E-state index in [4.69, 9.17) is 9.72 Å². The molecule has 152 valence electrons. The number of aryl methyl sites for hydroxylation is 3. The van der Waals surface area contributed by atoms with Gasteiger partial charge in [0.2, 0.25) is 11.4 Å². The highest BCUT2D eigenvalue weighted by Gasteiger charge is 2.24. The van der Waals surface area contributed by atoms with E-state index in [1.807, 2.05) is 39.2 Å². The van der Waals surface area contributed by atoms with E-state index < -0.39 is 0 Å². The molecular weight excluding hydrogens is 370 g/mol. The summed E-state index contributed by atoms with van der Waals surface area (Å²) in [7, 11) is 3.85. The summed E-state index contributed by atoms with van der Waals surface area (Å²) in [5.41, 5.74) is 2.69. The summed E-state index contributed by atoms with van der Waals surface area (Å²) in [5.74, 6) is 1.000. The molecule has 0 radical (unpaired) electrons. The maximum Gasteiger partial charge on any atom is 0.260 e. The molecule has 4 rings (SSSR count). The summed E-state index contributed by atoms with van der Waals surface area (Å²) < 4.78 is 9.39. The van der Waals surface area contributed by atoms with Crippen LogP contribution >= 0.6 is 0 Å². The van der Waals surface area contributed by atoms with Crippen LogP contribution in [0.15, 0.2) is 41.3 Å². The van der Waals surface area contributed by atoms with Crippen molar-refractivity contribution in [3.05, 3.63) is 52.4 Å². The number of piperazine rings is 1. The van der Waals surface area contributed by atoms with Crippen LogP contribution in [0.1, 0.15) is 5.69 Å². The van der Waals surface area contributed by atoms with Crippen LogP contribution in [0.25, 0.3) is 11.0 Å². The number of hydrogen-bond acceptors (Lipinski definition) is 5. The maximum absolute atomic E-state index is 12.5. The van der Waals surface area contributed by atoms with E-state index in [1.54, 1.807) is 15.7 Å². The van der Waals surface area contributed by atoms with E-state index in [0.717, 1.165) is 22.7 Å². The SMILES string of the molecule is Cc1cc(=O)c(OCC(=O)N2CCN(c3nc4ccccc4n3C)CC2)cn1C. The average molecular weight is 395 g/mol. The zero-order chi connectivity index (χ0) is 20.5. The molecule has 2 aromatic heterocycles. The second-order valence-corrected chi connectivity index (χ2v) is 7.37. The highest BCUT2D eigenvalue weighted by atomic mass is 16.5. The molecule has 0 aliphatic carbocycles. The Hall–Kier alpha value is -3.29. The van der Waals surface area contributed by atoms with Crippen LogP contribution < -0.4 is 15.1 Å². The van der Waals surface area contributed by atoms with Crippen LogP contribution in [0.5, 0.6) is 5.75 Å². The largest absolute Gasteiger partial charge is 0.478 e. The minimum absolute atomic E-state index is 0.114. The molecule has 1 aromatic carbocycles. The topological polar surface area (TPSA) is 72.6 Å². The average Bonchev–Trinajstić information content (AvgIpc) is 3.06. The normalized spacial score (nSPS) is 14.4. The van der Waals surface area contributed by atoms with Gasteiger partial charge < -0.3 is 23.7 Å². The molecule has 0 unspecified atom stereocenters. The van der Waals surface area contributed by atoms with Crippen molar-refractivity contribution in [3.8, 4) is 5.75 Å². The zero-order valence-electron chi connectivity index (χ0n) is 17.0. The van der Waals surface area contributed by atoms with Crippen LogP contribution in [0, 0.1) is 6.92 Å². The summed E-state index contributed by atoms with van der Waals surface area (Å²) in [5, 5.41) is 0. The highest BCUT2D eigenvalue weighted by Crippen LogP contribution is 2.22. The van der Waals surface area contributed by atoms with Crippen LogP contribution in [-0.4, -0.2) is 57.7 Å². The smallest absolute Gasteiger partial charge is 0.260 e. The maximum atomic E-state index is 12.5. The van der Waals surface area contributed by atoms with Crippen molar-refractivity contribution in [3.63, 3.8) is 0 Å². The number of para-hydroxylation sites is 2. The summed E-state index contributed by atoms with van der Waals surface area (Å²) in [6, 6.07) is 9.56. The summed E-state index contributed by atoms with van der Waals surface area (Å²) in [4.78, 5) is 33.2. The summed E-state index contributed by atoms with van der Waals surface area (Å²) in [6.45, 7) is 4.31. The quantitative estimate of drug-likeness (QED) is 0.666. The third-order valence-corrected chi connectivity index (χ3v) is 5.48. The molecule has 0 atom stereocenters. The number of pyridine rings is 1. The number of anilines is 1. The van der Waals surface area contributed by atoms with E-state index in [-0.39, 0.29) is 23.7 Å². The van der Waals surface area contributed by atoms with Gasteiger partial charge in [-0.05, 0) is 19.1 Å². The fourth-order valence-electron chi connectivity index (χ4n) is 3.61. The number of nitrogens with zero attached hydrogens (tertiary/aromatic N) is 5. The Labute approximate surface area is 168 Å². The van der Waals surface area contributed by atoms with Crippen molar-refractivity contribution in [2.45, 2.75) is 6.92 Å². The minimum atomic E-state index is -0.208. The molecule has 0 bridgehead atoms. The van der Waals surface area contributed by atoms with Crippen LogP contribution in [0.3, 0.4) is 0 Å². The molecule has 1 fully saturated rings. The van der Waals surface area contributed by atoms with E-state index in [2.05, 4.69) is 15.5 Å². The van der Waals surface area contributed by atoms with Crippen molar-refractivity contribution in [2.75, 3.05) is 37.7 Å². The molecule has 1 saturated heterocycles. The van der Waals surface area contributed by atoms with Crippen molar-refractivity contribution >= 4 is 22.9 Å². The second-order valence-electron chi connectivity index (χ2n) is 7.37. The predicted molar refractivity (Wildman–Crippen MR) is 111 cm³/mol. The lowest BCUT2D eigenvalue weighted by atomic mass is 10.3. The Morgan fingerprint density at radius 3 is 2.59 bits per heavy atom. The van der Waals surface area contributed by atoms with Gasteiger partial charge >= 0.3 is 0 Å². The lowest BCUT2D eigenvalue weighted by molar-refractivity contribution is -0.133. The first-order valence-corrected chi connectivity index (χ1v) is 9.68. The number of ether oxygens (including phenoxy) is 1. The second kappa shape index (κ2) is 7.62. The van der Waals surface area contributed by atoms with Crippen molar-refractivity contribution in [1.29, 1.82) is 0 Å².